The molecule has 0 saturated heterocycles. The molecule has 1 aromatic carbocycles. The van der Waals surface area contributed by atoms with Gasteiger partial charge in [0.2, 0.25) is 0 Å². The lowest BCUT2D eigenvalue weighted by Gasteiger charge is -2.15. The summed E-state index contributed by atoms with van der Waals surface area (Å²) < 4.78 is 0. The van der Waals surface area contributed by atoms with Crippen LogP contribution in [-0.2, 0) is 6.54 Å². The Morgan fingerprint density at radius 1 is 1.31 bits per heavy atom. The van der Waals surface area contributed by atoms with Gasteiger partial charge in [-0.15, -0.1) is 0 Å². The van der Waals surface area contributed by atoms with Crippen molar-refractivity contribution >= 4 is 35.0 Å². The van der Waals surface area contributed by atoms with E-state index in [9.17, 15) is 0 Å². The molecule has 0 heterocycles. The van der Waals surface area contributed by atoms with Crippen LogP contribution >= 0.6 is 35.0 Å². The number of thioether (sulfide) groups is 1. The Morgan fingerprint density at radius 2 is 2.06 bits per heavy atom. The summed E-state index contributed by atoms with van der Waals surface area (Å²) in [6, 6.07) is 6.33. The van der Waals surface area contributed by atoms with Crippen LogP contribution in [0.3, 0.4) is 0 Å². The molecule has 0 spiro atoms. The standard InChI is InChI=1S/C12H17Cl2NS/c1-3-10(8-16-2)15-7-9-4-5-11(13)12(14)6-9/h4-6,10,15H,3,7-8H2,1-2H3. The Morgan fingerprint density at radius 3 is 2.62 bits per heavy atom. The Kier molecular flexibility index (Phi) is 6.59. The van der Waals surface area contributed by atoms with Gasteiger partial charge in [0.05, 0.1) is 10.0 Å². The zero-order valence-electron chi connectivity index (χ0n) is 9.59. The molecule has 0 aliphatic rings. The van der Waals surface area contributed by atoms with E-state index >= 15 is 0 Å². The van der Waals surface area contributed by atoms with E-state index in [1.807, 2.05) is 30.0 Å². The maximum Gasteiger partial charge on any atom is 0.0595 e. The third-order valence-electron chi connectivity index (χ3n) is 2.44. The van der Waals surface area contributed by atoms with Gasteiger partial charge in [-0.05, 0) is 30.4 Å². The third kappa shape index (κ3) is 4.54. The van der Waals surface area contributed by atoms with E-state index in [1.54, 1.807) is 0 Å². The third-order valence-corrected chi connectivity index (χ3v) is 3.91. The van der Waals surface area contributed by atoms with Gasteiger partial charge >= 0.3 is 0 Å². The smallest absolute Gasteiger partial charge is 0.0595 e. The number of halogens is 2. The highest BCUT2D eigenvalue weighted by Crippen LogP contribution is 2.22. The number of hydrogen-bond donors (Lipinski definition) is 1. The summed E-state index contributed by atoms with van der Waals surface area (Å²) in [6.45, 7) is 3.04. The van der Waals surface area contributed by atoms with E-state index in [0.717, 1.165) is 18.7 Å². The van der Waals surface area contributed by atoms with Gasteiger partial charge in [-0.1, -0.05) is 36.2 Å². The topological polar surface area (TPSA) is 12.0 Å². The predicted molar refractivity (Wildman–Crippen MR) is 75.8 cm³/mol. The molecule has 1 nitrogen and oxygen atoms in total. The highest BCUT2D eigenvalue weighted by Gasteiger charge is 2.05. The molecule has 0 aromatic heterocycles. The van der Waals surface area contributed by atoms with Gasteiger partial charge in [-0.3, -0.25) is 0 Å². The zero-order chi connectivity index (χ0) is 12.0. The van der Waals surface area contributed by atoms with Gasteiger partial charge < -0.3 is 5.32 Å². The molecule has 90 valence electrons. The van der Waals surface area contributed by atoms with Gasteiger partial charge in [0.15, 0.2) is 0 Å². The fourth-order valence-electron chi connectivity index (χ4n) is 1.43. The van der Waals surface area contributed by atoms with Gasteiger partial charge in [0.1, 0.15) is 0 Å². The summed E-state index contributed by atoms with van der Waals surface area (Å²) in [4.78, 5) is 0. The molecular weight excluding hydrogens is 261 g/mol. The van der Waals surface area contributed by atoms with Crippen molar-refractivity contribution in [2.24, 2.45) is 0 Å². The predicted octanol–water partition coefficient (Wildman–Crippen LogP) is 4.22. The van der Waals surface area contributed by atoms with E-state index in [1.165, 1.54) is 5.56 Å². The van der Waals surface area contributed by atoms with E-state index in [2.05, 4.69) is 18.5 Å². The molecule has 1 atom stereocenters. The summed E-state index contributed by atoms with van der Waals surface area (Å²) in [6.07, 6.45) is 3.27. The van der Waals surface area contributed by atoms with Crippen LogP contribution in [0.25, 0.3) is 0 Å². The molecule has 16 heavy (non-hydrogen) atoms. The second-order valence-corrected chi connectivity index (χ2v) is 5.41. The number of benzene rings is 1. The van der Waals surface area contributed by atoms with Crippen LogP contribution in [0.4, 0.5) is 0 Å². The summed E-state index contributed by atoms with van der Waals surface area (Å²) in [7, 11) is 0. The summed E-state index contributed by atoms with van der Waals surface area (Å²) >= 11 is 13.7. The molecule has 1 unspecified atom stereocenters. The fourth-order valence-corrected chi connectivity index (χ4v) is 2.51. The maximum absolute atomic E-state index is 5.96. The highest BCUT2D eigenvalue weighted by atomic mass is 35.5. The average Bonchev–Trinajstić information content (AvgIpc) is 2.28. The van der Waals surface area contributed by atoms with E-state index in [-0.39, 0.29) is 0 Å². The van der Waals surface area contributed by atoms with Crippen LogP contribution in [0.15, 0.2) is 18.2 Å². The molecule has 0 amide bonds. The first kappa shape index (κ1) is 14.2. The van der Waals surface area contributed by atoms with Gasteiger partial charge in [0.25, 0.3) is 0 Å². The first-order valence-corrected chi connectivity index (χ1v) is 7.48. The summed E-state index contributed by atoms with van der Waals surface area (Å²) in [5.41, 5.74) is 1.17. The molecule has 1 aromatic rings. The molecular formula is C12H17Cl2NS. The molecule has 1 rings (SSSR count). The minimum absolute atomic E-state index is 0.560. The second-order valence-electron chi connectivity index (χ2n) is 3.69. The monoisotopic (exact) mass is 277 g/mol. The van der Waals surface area contributed by atoms with Crippen LogP contribution in [0, 0.1) is 0 Å². The molecule has 0 fully saturated rings. The van der Waals surface area contributed by atoms with Crippen LogP contribution in [-0.4, -0.2) is 18.1 Å². The Balaban J connectivity index is 2.50. The molecule has 0 saturated carbocycles. The van der Waals surface area contributed by atoms with Gasteiger partial charge in [0, 0.05) is 18.3 Å². The minimum atomic E-state index is 0.560. The van der Waals surface area contributed by atoms with Crippen LogP contribution in [0.5, 0.6) is 0 Å². The van der Waals surface area contributed by atoms with Crippen molar-refractivity contribution in [3.05, 3.63) is 33.8 Å². The lowest BCUT2D eigenvalue weighted by molar-refractivity contribution is 0.541. The fraction of sp³-hybridized carbons (Fsp3) is 0.500. The summed E-state index contributed by atoms with van der Waals surface area (Å²) in [5, 5.41) is 4.75. The van der Waals surface area contributed by atoms with Crippen molar-refractivity contribution in [3.8, 4) is 0 Å². The van der Waals surface area contributed by atoms with Crippen molar-refractivity contribution < 1.29 is 0 Å². The molecule has 0 aliphatic carbocycles. The van der Waals surface area contributed by atoms with Crippen molar-refractivity contribution in [3.63, 3.8) is 0 Å². The molecule has 4 heteroatoms. The largest absolute Gasteiger partial charge is 0.309 e. The quantitative estimate of drug-likeness (QED) is 0.836. The molecule has 0 bridgehead atoms. The van der Waals surface area contributed by atoms with Crippen molar-refractivity contribution in [1.29, 1.82) is 0 Å². The van der Waals surface area contributed by atoms with E-state index in [4.69, 9.17) is 23.2 Å². The van der Waals surface area contributed by atoms with Gasteiger partial charge in [-0.25, -0.2) is 0 Å². The van der Waals surface area contributed by atoms with Crippen LogP contribution < -0.4 is 5.32 Å². The Hall–Kier alpha value is 0.110. The highest BCUT2D eigenvalue weighted by molar-refractivity contribution is 7.98. The lowest BCUT2D eigenvalue weighted by Crippen LogP contribution is -2.30. The zero-order valence-corrected chi connectivity index (χ0v) is 11.9. The van der Waals surface area contributed by atoms with Crippen LogP contribution in [0.1, 0.15) is 18.9 Å². The lowest BCUT2D eigenvalue weighted by atomic mass is 10.2. The Bertz CT molecular complexity index is 331. The van der Waals surface area contributed by atoms with E-state index in [0.29, 0.717) is 16.1 Å². The van der Waals surface area contributed by atoms with Crippen molar-refractivity contribution in [1.82, 2.24) is 5.32 Å². The SMILES string of the molecule is CCC(CSC)NCc1ccc(Cl)c(Cl)c1. The van der Waals surface area contributed by atoms with E-state index < -0.39 is 0 Å². The number of rotatable bonds is 6. The summed E-state index contributed by atoms with van der Waals surface area (Å²) in [5.74, 6) is 1.14. The Labute approximate surface area is 112 Å². The second kappa shape index (κ2) is 7.44. The van der Waals surface area contributed by atoms with Gasteiger partial charge in [-0.2, -0.15) is 11.8 Å². The number of hydrogen-bond acceptors (Lipinski definition) is 2. The molecule has 0 radical (unpaired) electrons. The average molecular weight is 278 g/mol. The maximum atomic E-state index is 5.96. The van der Waals surface area contributed by atoms with Crippen molar-refractivity contribution in [2.75, 3.05) is 12.0 Å². The minimum Gasteiger partial charge on any atom is -0.309 e. The van der Waals surface area contributed by atoms with Crippen LogP contribution in [0.2, 0.25) is 10.0 Å². The van der Waals surface area contributed by atoms with Crippen molar-refractivity contribution in [2.45, 2.75) is 25.9 Å². The first-order chi connectivity index (χ1) is 7.67. The first-order valence-electron chi connectivity index (χ1n) is 5.33. The molecule has 1 N–H and O–H groups in total. The normalized spacial score (nSPS) is 12.8. The molecule has 0 aliphatic heterocycles. The number of nitrogens with one attached hydrogen (secondary N) is 1.